The number of rotatable bonds is 1. The molecule has 1 aliphatic heterocycles. The van der Waals surface area contributed by atoms with Gasteiger partial charge in [0.1, 0.15) is 0 Å². The number of nitrogens with zero attached hydrogens (tertiary/aromatic N) is 1. The van der Waals surface area contributed by atoms with Crippen LogP contribution in [0.15, 0.2) is 66.9 Å². The lowest BCUT2D eigenvalue weighted by molar-refractivity contribution is -0.697. The average molecular weight is 308 g/mol. The Kier molecular flexibility index (Phi) is 4.00. The summed E-state index contributed by atoms with van der Waals surface area (Å²) in [5, 5.41) is 0. The van der Waals surface area contributed by atoms with Crippen molar-refractivity contribution < 1.29 is 17.0 Å². The van der Waals surface area contributed by atoms with Gasteiger partial charge in [0.25, 0.3) is 0 Å². The minimum atomic E-state index is 0. The Balaban J connectivity index is 0.00000144. The predicted molar refractivity (Wildman–Crippen MR) is 85.2 cm³/mol. The normalized spacial score (nSPS) is 12.0. The van der Waals surface area contributed by atoms with E-state index < -0.39 is 0 Å². The number of hydrogen-bond acceptors (Lipinski definition) is 0. The van der Waals surface area contributed by atoms with Gasteiger partial charge in [0.05, 0.1) is 6.42 Å². The standard InChI is InChI=1S/C20H18N.ClH/c1-15-8-10-16(11-9-15)19-7-4-12-21-14-18-6-3-2-5-17(18)13-20(19)21;/h2-12H,13-14H2,1H3;1H/q+1;/p-1. The Morgan fingerprint density at radius 3 is 2.32 bits per heavy atom. The van der Waals surface area contributed by atoms with E-state index in [9.17, 15) is 0 Å². The molecule has 1 aliphatic rings. The molecule has 0 amide bonds. The molecule has 110 valence electrons. The van der Waals surface area contributed by atoms with Crippen LogP contribution in [0.3, 0.4) is 0 Å². The third-order valence-electron chi connectivity index (χ3n) is 4.37. The SMILES string of the molecule is Cc1ccc(-c2ccc[n+]3c2Cc2ccccc2C3)cc1.[Cl-]. The van der Waals surface area contributed by atoms with Gasteiger partial charge < -0.3 is 12.4 Å². The summed E-state index contributed by atoms with van der Waals surface area (Å²) in [4.78, 5) is 0. The zero-order valence-electron chi connectivity index (χ0n) is 12.6. The minimum absolute atomic E-state index is 0. The van der Waals surface area contributed by atoms with E-state index in [-0.39, 0.29) is 12.4 Å². The second-order valence-corrected chi connectivity index (χ2v) is 5.81. The zero-order chi connectivity index (χ0) is 14.2. The van der Waals surface area contributed by atoms with Crippen molar-refractivity contribution >= 4 is 0 Å². The van der Waals surface area contributed by atoms with E-state index in [2.05, 4.69) is 78.4 Å². The van der Waals surface area contributed by atoms with Gasteiger partial charge in [-0.05, 0) is 24.1 Å². The summed E-state index contributed by atoms with van der Waals surface area (Å²) in [6.07, 6.45) is 3.21. The number of aromatic nitrogens is 1. The van der Waals surface area contributed by atoms with Crippen LogP contribution < -0.4 is 17.0 Å². The molecule has 0 N–H and O–H groups in total. The van der Waals surface area contributed by atoms with Gasteiger partial charge in [0, 0.05) is 17.2 Å². The fourth-order valence-electron chi connectivity index (χ4n) is 3.17. The van der Waals surface area contributed by atoms with Crippen LogP contribution in [0.4, 0.5) is 0 Å². The van der Waals surface area contributed by atoms with E-state index in [1.54, 1.807) is 0 Å². The van der Waals surface area contributed by atoms with Crippen molar-refractivity contribution in [1.82, 2.24) is 0 Å². The molecule has 2 heterocycles. The van der Waals surface area contributed by atoms with E-state index in [0.29, 0.717) is 0 Å². The second-order valence-electron chi connectivity index (χ2n) is 5.81. The van der Waals surface area contributed by atoms with E-state index in [1.165, 1.54) is 33.5 Å². The number of fused-ring (bicyclic) bond motifs is 2. The van der Waals surface area contributed by atoms with Gasteiger partial charge in [0.2, 0.25) is 0 Å². The third kappa shape index (κ3) is 2.53. The number of pyridine rings is 1. The smallest absolute Gasteiger partial charge is 0.193 e. The Hall–Kier alpha value is -2.12. The van der Waals surface area contributed by atoms with Gasteiger partial charge in [-0.3, -0.25) is 0 Å². The summed E-state index contributed by atoms with van der Waals surface area (Å²) in [5.74, 6) is 0. The van der Waals surface area contributed by atoms with Gasteiger partial charge in [-0.25, -0.2) is 0 Å². The Morgan fingerprint density at radius 1 is 0.818 bits per heavy atom. The predicted octanol–water partition coefficient (Wildman–Crippen LogP) is 0.906. The van der Waals surface area contributed by atoms with E-state index in [0.717, 1.165) is 13.0 Å². The molecule has 4 rings (SSSR count). The lowest BCUT2D eigenvalue weighted by Gasteiger charge is -2.17. The highest BCUT2D eigenvalue weighted by molar-refractivity contribution is 5.66. The van der Waals surface area contributed by atoms with Crippen LogP contribution in [0.25, 0.3) is 11.1 Å². The van der Waals surface area contributed by atoms with Crippen molar-refractivity contribution in [2.45, 2.75) is 19.9 Å². The Morgan fingerprint density at radius 2 is 1.55 bits per heavy atom. The molecule has 0 fully saturated rings. The quantitative estimate of drug-likeness (QED) is 0.460. The van der Waals surface area contributed by atoms with Crippen LogP contribution in [0.5, 0.6) is 0 Å². The van der Waals surface area contributed by atoms with Crippen molar-refractivity contribution in [3.8, 4) is 11.1 Å². The van der Waals surface area contributed by atoms with Crippen molar-refractivity contribution in [2.75, 3.05) is 0 Å². The Labute approximate surface area is 137 Å². The zero-order valence-corrected chi connectivity index (χ0v) is 13.3. The summed E-state index contributed by atoms with van der Waals surface area (Å²) in [7, 11) is 0. The second kappa shape index (κ2) is 5.94. The number of aryl methyl sites for hydroxylation is 1. The lowest BCUT2D eigenvalue weighted by Crippen LogP contribution is -3.00. The molecule has 0 radical (unpaired) electrons. The van der Waals surface area contributed by atoms with Crippen LogP contribution in [0.1, 0.15) is 22.4 Å². The number of benzene rings is 2. The fraction of sp³-hybridized carbons (Fsp3) is 0.150. The first-order valence-electron chi connectivity index (χ1n) is 7.46. The maximum atomic E-state index is 2.39. The molecule has 0 unspecified atom stereocenters. The van der Waals surface area contributed by atoms with E-state index in [1.807, 2.05) is 0 Å². The van der Waals surface area contributed by atoms with Crippen LogP contribution in [-0.4, -0.2) is 0 Å². The first-order chi connectivity index (χ1) is 10.3. The number of halogens is 1. The maximum absolute atomic E-state index is 2.39. The lowest BCUT2D eigenvalue weighted by atomic mass is 9.93. The molecular formula is C20H18ClN. The van der Waals surface area contributed by atoms with Crippen molar-refractivity contribution in [3.63, 3.8) is 0 Å². The maximum Gasteiger partial charge on any atom is 0.193 e. The average Bonchev–Trinajstić information content (AvgIpc) is 2.53. The number of hydrogen-bond donors (Lipinski definition) is 0. The van der Waals surface area contributed by atoms with Gasteiger partial charge in [-0.15, -0.1) is 0 Å². The molecule has 3 aromatic rings. The molecule has 22 heavy (non-hydrogen) atoms. The highest BCUT2D eigenvalue weighted by Gasteiger charge is 2.24. The first kappa shape index (κ1) is 14.8. The summed E-state index contributed by atoms with van der Waals surface area (Å²) in [6, 6.07) is 22.0. The van der Waals surface area contributed by atoms with Crippen LogP contribution >= 0.6 is 0 Å². The molecule has 0 saturated carbocycles. The molecule has 1 nitrogen and oxygen atoms in total. The van der Waals surface area contributed by atoms with Crippen LogP contribution in [0.2, 0.25) is 0 Å². The van der Waals surface area contributed by atoms with Gasteiger partial charge in [0.15, 0.2) is 18.4 Å². The molecule has 2 heteroatoms. The third-order valence-corrected chi connectivity index (χ3v) is 4.37. The van der Waals surface area contributed by atoms with Crippen molar-refractivity contribution in [3.05, 3.63) is 89.2 Å². The largest absolute Gasteiger partial charge is 1.00 e. The molecule has 0 aliphatic carbocycles. The molecular weight excluding hydrogens is 290 g/mol. The molecule has 0 spiro atoms. The first-order valence-corrected chi connectivity index (χ1v) is 7.46. The van der Waals surface area contributed by atoms with Crippen molar-refractivity contribution in [2.24, 2.45) is 0 Å². The molecule has 1 aromatic heterocycles. The van der Waals surface area contributed by atoms with Crippen LogP contribution in [-0.2, 0) is 13.0 Å². The van der Waals surface area contributed by atoms with Gasteiger partial charge >= 0.3 is 0 Å². The fourth-order valence-corrected chi connectivity index (χ4v) is 3.17. The summed E-state index contributed by atoms with van der Waals surface area (Å²) < 4.78 is 2.39. The molecule has 2 aromatic carbocycles. The molecule has 0 saturated heterocycles. The van der Waals surface area contributed by atoms with Gasteiger partial charge in [-0.2, -0.15) is 4.57 Å². The monoisotopic (exact) mass is 307 g/mol. The van der Waals surface area contributed by atoms with Crippen LogP contribution in [0, 0.1) is 6.92 Å². The van der Waals surface area contributed by atoms with E-state index >= 15 is 0 Å². The molecule has 0 atom stereocenters. The topological polar surface area (TPSA) is 3.88 Å². The minimum Gasteiger partial charge on any atom is -1.00 e. The summed E-state index contributed by atoms with van der Waals surface area (Å²) in [6.45, 7) is 3.11. The van der Waals surface area contributed by atoms with E-state index in [4.69, 9.17) is 0 Å². The highest BCUT2D eigenvalue weighted by Crippen LogP contribution is 2.27. The summed E-state index contributed by atoms with van der Waals surface area (Å²) >= 11 is 0. The summed E-state index contributed by atoms with van der Waals surface area (Å²) in [5.41, 5.74) is 8.28. The van der Waals surface area contributed by atoms with Crippen molar-refractivity contribution in [1.29, 1.82) is 0 Å². The highest BCUT2D eigenvalue weighted by atomic mass is 35.5. The molecule has 0 bridgehead atoms. The van der Waals surface area contributed by atoms with Gasteiger partial charge in [-0.1, -0.05) is 54.1 Å². The Bertz CT molecular complexity index is 806.